The van der Waals surface area contributed by atoms with Gasteiger partial charge in [-0.05, 0) is 115 Å². The number of carboxylic acid groups (broad SMARTS) is 1. The van der Waals surface area contributed by atoms with Gasteiger partial charge >= 0.3 is 5.97 Å². The van der Waals surface area contributed by atoms with E-state index in [2.05, 4.69) is 54.5 Å². The zero-order valence-corrected chi connectivity index (χ0v) is 27.6. The van der Waals surface area contributed by atoms with Crippen LogP contribution in [0.4, 0.5) is 0 Å². The Balaban J connectivity index is 1.32. The van der Waals surface area contributed by atoms with Gasteiger partial charge in [0, 0.05) is 0 Å². The summed E-state index contributed by atoms with van der Waals surface area (Å²) >= 11 is 0. The van der Waals surface area contributed by atoms with Gasteiger partial charge in [0.25, 0.3) is 0 Å². The number of aliphatic carboxylic acids is 1. The van der Waals surface area contributed by atoms with Crippen LogP contribution >= 0.6 is 0 Å². The number of rotatable bonds is 3. The lowest BCUT2D eigenvalue weighted by Crippen LogP contribution is -2.66. The smallest absolute Gasteiger partial charge is 0.310 e. The fourth-order valence-electron chi connectivity index (χ4n) is 12.6. The Hall–Kier alpha value is -0.990. The first kappa shape index (κ1) is 32.0. The van der Waals surface area contributed by atoms with Crippen molar-refractivity contribution < 1.29 is 35.1 Å². The van der Waals surface area contributed by atoms with Crippen molar-refractivity contribution in [3.05, 3.63) is 11.6 Å². The maximum absolute atomic E-state index is 12.9. The third-order valence-corrected chi connectivity index (χ3v) is 15.5. The van der Waals surface area contributed by atoms with Gasteiger partial charge in [-0.25, -0.2) is 0 Å². The van der Waals surface area contributed by atoms with Gasteiger partial charge in [-0.3, -0.25) is 4.79 Å². The van der Waals surface area contributed by atoms with E-state index in [-0.39, 0.29) is 45.5 Å². The molecule has 0 aromatic rings. The van der Waals surface area contributed by atoms with Crippen LogP contribution in [0.2, 0.25) is 0 Å². The van der Waals surface area contributed by atoms with Crippen LogP contribution < -0.4 is 0 Å². The second kappa shape index (κ2) is 10.0. The molecule has 7 nitrogen and oxygen atoms in total. The Morgan fingerprint density at radius 1 is 0.884 bits per heavy atom. The molecule has 6 rings (SSSR count). The lowest BCUT2D eigenvalue weighted by atomic mass is 9.33. The molecule has 1 saturated heterocycles. The third kappa shape index (κ3) is 4.26. The Labute approximate surface area is 258 Å². The van der Waals surface area contributed by atoms with Gasteiger partial charge in [0.2, 0.25) is 0 Å². The molecule has 0 aromatic carbocycles. The highest BCUT2D eigenvalue weighted by molar-refractivity contribution is 5.76. The summed E-state index contributed by atoms with van der Waals surface area (Å²) in [6.45, 7) is 16.6. The van der Waals surface area contributed by atoms with E-state index in [1.54, 1.807) is 0 Å². The number of ether oxygens (including phenoxy) is 1. The fourth-order valence-corrected chi connectivity index (χ4v) is 12.6. The molecule has 5 N–H and O–H groups in total. The molecule has 6 aliphatic rings. The first-order chi connectivity index (χ1) is 19.9. The summed E-state index contributed by atoms with van der Waals surface area (Å²) in [5.41, 5.74) is 0.848. The Bertz CT molecular complexity index is 1160. The van der Waals surface area contributed by atoms with Crippen LogP contribution in [-0.4, -0.2) is 68.6 Å². The Kier molecular flexibility index (Phi) is 7.44. The Morgan fingerprint density at radius 3 is 2.23 bits per heavy atom. The van der Waals surface area contributed by atoms with Crippen molar-refractivity contribution in [2.45, 2.75) is 143 Å². The second-order valence-electron chi connectivity index (χ2n) is 18.0. The van der Waals surface area contributed by atoms with E-state index in [9.17, 15) is 30.3 Å². The standard InChI is InChI=1S/C36H58O7/c1-31(2)14-16-36(30(41)42)17-15-34(6)20(22(36)18-31)8-9-25-33(5)12-10-21(32(3,4)24(33)11-13-35(25,34)7)26(38)29-28(40)27(39)23(37)19-43-29/h8,21-29,37-40H,9-19H2,1-7H3,(H,41,42)/t21-,22?,23+,24?,25?,26?,27?,28-,29-,33-,34+,35+,36-/m0/s1. The number of allylic oxidation sites excluding steroid dienone is 2. The molecule has 244 valence electrons. The SMILES string of the molecule is CC1(C)CC[C@]2(C(=O)O)CC[C@]3(C)C(=CCC4[C@@]5(C)CC[C@@H](C(O)[C@@H]6OC[C@@H](O)C(O)[C@@H]6O)C(C)(C)C5CC[C@]43C)C2C1. The summed E-state index contributed by atoms with van der Waals surface area (Å²) in [6.07, 6.45) is 6.18. The minimum atomic E-state index is -1.33. The van der Waals surface area contributed by atoms with Crippen LogP contribution in [0, 0.1) is 56.2 Å². The van der Waals surface area contributed by atoms with Crippen molar-refractivity contribution in [2.75, 3.05) is 6.61 Å². The van der Waals surface area contributed by atoms with Crippen LogP contribution in [0.5, 0.6) is 0 Å². The monoisotopic (exact) mass is 602 g/mol. The van der Waals surface area contributed by atoms with E-state index in [0.29, 0.717) is 11.8 Å². The molecule has 5 aliphatic carbocycles. The van der Waals surface area contributed by atoms with Crippen molar-refractivity contribution in [3.63, 3.8) is 0 Å². The number of hydrogen-bond donors (Lipinski definition) is 5. The number of aliphatic hydroxyl groups excluding tert-OH is 4. The average Bonchev–Trinajstić information content (AvgIpc) is 2.91. The first-order valence-corrected chi connectivity index (χ1v) is 17.1. The topological polar surface area (TPSA) is 127 Å². The molecule has 5 unspecified atom stereocenters. The molecule has 0 bridgehead atoms. The molecule has 5 fully saturated rings. The molecular weight excluding hydrogens is 544 g/mol. The number of aliphatic hydroxyl groups is 4. The van der Waals surface area contributed by atoms with E-state index in [1.165, 1.54) is 5.57 Å². The summed E-state index contributed by atoms with van der Waals surface area (Å²) in [7, 11) is 0. The molecule has 0 amide bonds. The number of carbonyl (C=O) groups is 1. The maximum Gasteiger partial charge on any atom is 0.310 e. The van der Waals surface area contributed by atoms with Crippen molar-refractivity contribution in [1.29, 1.82) is 0 Å². The van der Waals surface area contributed by atoms with Crippen LogP contribution in [0.3, 0.4) is 0 Å². The fraction of sp³-hybridized carbons (Fsp3) is 0.917. The van der Waals surface area contributed by atoms with Crippen LogP contribution in [0.25, 0.3) is 0 Å². The highest BCUT2D eigenvalue weighted by Gasteiger charge is 2.69. The molecule has 0 aromatic heterocycles. The average molecular weight is 603 g/mol. The molecule has 1 heterocycles. The third-order valence-electron chi connectivity index (χ3n) is 15.5. The molecular formula is C36H58O7. The van der Waals surface area contributed by atoms with Crippen LogP contribution in [0.15, 0.2) is 11.6 Å². The van der Waals surface area contributed by atoms with Crippen LogP contribution in [-0.2, 0) is 9.53 Å². The first-order valence-electron chi connectivity index (χ1n) is 17.1. The molecule has 13 atom stereocenters. The van der Waals surface area contributed by atoms with E-state index < -0.39 is 41.9 Å². The predicted molar refractivity (Wildman–Crippen MR) is 164 cm³/mol. The minimum absolute atomic E-state index is 0.0293. The van der Waals surface area contributed by atoms with Crippen molar-refractivity contribution in [2.24, 2.45) is 56.2 Å². The second-order valence-corrected chi connectivity index (χ2v) is 18.0. The lowest BCUT2D eigenvalue weighted by Gasteiger charge is -2.71. The summed E-state index contributed by atoms with van der Waals surface area (Å²) < 4.78 is 5.74. The molecule has 4 saturated carbocycles. The van der Waals surface area contributed by atoms with Crippen molar-refractivity contribution in [1.82, 2.24) is 0 Å². The van der Waals surface area contributed by atoms with Gasteiger partial charge in [0.05, 0.1) is 18.1 Å². The number of carboxylic acids is 1. The highest BCUT2D eigenvalue weighted by Crippen LogP contribution is 2.76. The molecule has 7 heteroatoms. The summed E-state index contributed by atoms with van der Waals surface area (Å²) in [5.74, 6) is 0.252. The van der Waals surface area contributed by atoms with Gasteiger partial charge < -0.3 is 30.3 Å². The van der Waals surface area contributed by atoms with Crippen molar-refractivity contribution >= 4 is 5.97 Å². The molecule has 43 heavy (non-hydrogen) atoms. The van der Waals surface area contributed by atoms with Gasteiger partial charge in [-0.15, -0.1) is 0 Å². The maximum atomic E-state index is 12.9. The predicted octanol–water partition coefficient (Wildman–Crippen LogP) is 5.33. The van der Waals surface area contributed by atoms with E-state index in [1.807, 2.05) is 0 Å². The molecule has 0 spiro atoms. The molecule has 1 aliphatic heterocycles. The van der Waals surface area contributed by atoms with Gasteiger partial charge in [-0.1, -0.05) is 60.1 Å². The summed E-state index contributed by atoms with van der Waals surface area (Å²) in [6, 6.07) is 0. The lowest BCUT2D eigenvalue weighted by molar-refractivity contribution is -0.242. The van der Waals surface area contributed by atoms with E-state index >= 15 is 0 Å². The van der Waals surface area contributed by atoms with Gasteiger partial charge in [0.15, 0.2) is 0 Å². The summed E-state index contributed by atoms with van der Waals surface area (Å²) in [5, 5.41) is 53.3. The highest BCUT2D eigenvalue weighted by atomic mass is 16.5. The largest absolute Gasteiger partial charge is 0.481 e. The van der Waals surface area contributed by atoms with E-state index in [0.717, 1.165) is 64.2 Å². The number of fused-ring (bicyclic) bond motifs is 7. The van der Waals surface area contributed by atoms with Crippen LogP contribution in [0.1, 0.15) is 113 Å². The zero-order valence-electron chi connectivity index (χ0n) is 27.6. The quantitative estimate of drug-likeness (QED) is 0.276. The van der Waals surface area contributed by atoms with Gasteiger partial charge in [0.1, 0.15) is 24.4 Å². The normalized spacial score (nSPS) is 52.9. The van der Waals surface area contributed by atoms with Crippen molar-refractivity contribution in [3.8, 4) is 0 Å². The minimum Gasteiger partial charge on any atom is -0.481 e. The molecule has 0 radical (unpaired) electrons. The van der Waals surface area contributed by atoms with Gasteiger partial charge in [-0.2, -0.15) is 0 Å². The number of hydrogen-bond acceptors (Lipinski definition) is 6. The van der Waals surface area contributed by atoms with E-state index in [4.69, 9.17) is 4.74 Å². The zero-order chi connectivity index (χ0) is 31.5. The summed E-state index contributed by atoms with van der Waals surface area (Å²) in [4.78, 5) is 12.9. The Morgan fingerprint density at radius 2 is 1.56 bits per heavy atom.